The number of aryl methyl sites for hydroxylation is 2. The van der Waals surface area contributed by atoms with Gasteiger partial charge in [0.1, 0.15) is 16.5 Å². The number of amides is 1. The molecule has 2 heterocycles. The molecule has 0 aliphatic heterocycles. The standard InChI is InChI=1S/C19H19FN2O3S/c1-5-25-19(24)16-10(2)11(3)26-18(16)21-17(23)15-9-12-13(20)7-6-8-14(12)22(15)4/h6-9H,5H2,1-4H3,(H,21,23). The van der Waals surface area contributed by atoms with Gasteiger partial charge in [0.2, 0.25) is 0 Å². The summed E-state index contributed by atoms with van der Waals surface area (Å²) >= 11 is 1.32. The molecular weight excluding hydrogens is 355 g/mol. The van der Waals surface area contributed by atoms with Crippen molar-refractivity contribution in [2.45, 2.75) is 20.8 Å². The second-order valence-corrected chi connectivity index (χ2v) is 7.15. The Bertz CT molecular complexity index is 1020. The summed E-state index contributed by atoms with van der Waals surface area (Å²) in [6.45, 7) is 5.68. The summed E-state index contributed by atoms with van der Waals surface area (Å²) in [6, 6.07) is 6.22. The highest BCUT2D eigenvalue weighted by atomic mass is 32.1. The third-order valence-electron chi connectivity index (χ3n) is 4.36. The van der Waals surface area contributed by atoms with Gasteiger partial charge in [0.05, 0.1) is 17.7 Å². The molecule has 5 nitrogen and oxygen atoms in total. The third kappa shape index (κ3) is 2.99. The van der Waals surface area contributed by atoms with Crippen LogP contribution in [0.2, 0.25) is 0 Å². The summed E-state index contributed by atoms with van der Waals surface area (Å²) < 4.78 is 20.7. The number of esters is 1. The van der Waals surface area contributed by atoms with E-state index in [1.165, 1.54) is 23.5 Å². The van der Waals surface area contributed by atoms with E-state index < -0.39 is 11.9 Å². The Morgan fingerprint density at radius 2 is 2.04 bits per heavy atom. The van der Waals surface area contributed by atoms with Gasteiger partial charge in [0, 0.05) is 17.3 Å². The number of carbonyl (C=O) groups is 2. The maximum Gasteiger partial charge on any atom is 0.341 e. The normalized spacial score (nSPS) is 11.0. The Morgan fingerprint density at radius 1 is 1.31 bits per heavy atom. The Kier molecular flexibility index (Phi) is 4.82. The van der Waals surface area contributed by atoms with Crippen molar-refractivity contribution in [3.05, 3.63) is 51.8 Å². The number of nitrogens with one attached hydrogen (secondary N) is 1. The number of hydrogen-bond acceptors (Lipinski definition) is 4. The van der Waals surface area contributed by atoms with Crippen molar-refractivity contribution in [1.82, 2.24) is 4.57 Å². The molecule has 0 saturated heterocycles. The molecule has 0 fully saturated rings. The third-order valence-corrected chi connectivity index (χ3v) is 5.48. The molecule has 0 aliphatic carbocycles. The van der Waals surface area contributed by atoms with Crippen LogP contribution in [0.4, 0.5) is 9.39 Å². The van der Waals surface area contributed by atoms with Crippen LogP contribution in [0.5, 0.6) is 0 Å². The van der Waals surface area contributed by atoms with Crippen LogP contribution in [0.25, 0.3) is 10.9 Å². The van der Waals surface area contributed by atoms with Crippen LogP contribution in [0, 0.1) is 19.7 Å². The maximum absolute atomic E-state index is 14.0. The van der Waals surface area contributed by atoms with Gasteiger partial charge in [0.15, 0.2) is 0 Å². The Labute approximate surface area is 154 Å². The molecule has 1 amide bonds. The van der Waals surface area contributed by atoms with Crippen molar-refractivity contribution < 1.29 is 18.7 Å². The SMILES string of the molecule is CCOC(=O)c1c(NC(=O)c2cc3c(F)cccc3n2C)sc(C)c1C. The fourth-order valence-corrected chi connectivity index (χ4v) is 3.92. The number of rotatable bonds is 4. The first kappa shape index (κ1) is 18.1. The number of nitrogens with zero attached hydrogens (tertiary/aromatic N) is 1. The maximum atomic E-state index is 14.0. The lowest BCUT2D eigenvalue weighted by atomic mass is 10.1. The van der Waals surface area contributed by atoms with E-state index in [-0.39, 0.29) is 12.4 Å². The predicted molar refractivity (Wildman–Crippen MR) is 101 cm³/mol. The van der Waals surface area contributed by atoms with E-state index in [4.69, 9.17) is 4.74 Å². The number of carbonyl (C=O) groups excluding carboxylic acids is 2. The molecule has 2 aromatic heterocycles. The number of benzene rings is 1. The van der Waals surface area contributed by atoms with Gasteiger partial charge in [-0.25, -0.2) is 9.18 Å². The lowest BCUT2D eigenvalue weighted by molar-refractivity contribution is 0.0527. The second kappa shape index (κ2) is 6.92. The minimum absolute atomic E-state index is 0.253. The van der Waals surface area contributed by atoms with Gasteiger partial charge in [0.25, 0.3) is 5.91 Å². The molecule has 136 valence electrons. The van der Waals surface area contributed by atoms with E-state index >= 15 is 0 Å². The van der Waals surface area contributed by atoms with Gasteiger partial charge >= 0.3 is 5.97 Å². The molecular formula is C19H19FN2O3S. The van der Waals surface area contributed by atoms with Crippen molar-refractivity contribution in [2.75, 3.05) is 11.9 Å². The van der Waals surface area contributed by atoms with Crippen LogP contribution >= 0.6 is 11.3 Å². The quantitative estimate of drug-likeness (QED) is 0.688. The molecule has 3 aromatic rings. The summed E-state index contributed by atoms with van der Waals surface area (Å²) in [7, 11) is 1.70. The minimum Gasteiger partial charge on any atom is -0.462 e. The van der Waals surface area contributed by atoms with Gasteiger partial charge in [-0.3, -0.25) is 4.79 Å². The monoisotopic (exact) mass is 374 g/mol. The number of halogens is 1. The summed E-state index contributed by atoms with van der Waals surface area (Å²) in [4.78, 5) is 25.9. The summed E-state index contributed by atoms with van der Waals surface area (Å²) in [6.07, 6.45) is 0. The molecule has 1 N–H and O–H groups in total. The molecule has 7 heteroatoms. The molecule has 0 spiro atoms. The Balaban J connectivity index is 1.99. The first-order valence-corrected chi connectivity index (χ1v) is 8.99. The first-order chi connectivity index (χ1) is 12.3. The average Bonchev–Trinajstić information content (AvgIpc) is 3.07. The molecule has 0 aliphatic rings. The highest BCUT2D eigenvalue weighted by molar-refractivity contribution is 7.16. The van der Waals surface area contributed by atoms with Gasteiger partial charge in [-0.15, -0.1) is 11.3 Å². The lowest BCUT2D eigenvalue weighted by Crippen LogP contribution is -2.17. The first-order valence-electron chi connectivity index (χ1n) is 8.17. The molecule has 0 saturated carbocycles. The van der Waals surface area contributed by atoms with E-state index in [1.807, 2.05) is 13.8 Å². The molecule has 0 unspecified atom stereocenters. The van der Waals surface area contributed by atoms with Crippen LogP contribution in [0.1, 0.15) is 38.2 Å². The average molecular weight is 374 g/mol. The minimum atomic E-state index is -0.465. The smallest absolute Gasteiger partial charge is 0.341 e. The molecule has 0 bridgehead atoms. The van der Waals surface area contributed by atoms with E-state index in [0.29, 0.717) is 27.2 Å². The van der Waals surface area contributed by atoms with Crippen molar-refractivity contribution in [1.29, 1.82) is 0 Å². The van der Waals surface area contributed by atoms with Gasteiger partial charge in [-0.05, 0) is 44.5 Å². The van der Waals surface area contributed by atoms with E-state index in [2.05, 4.69) is 5.32 Å². The zero-order chi connectivity index (χ0) is 19.0. The lowest BCUT2D eigenvalue weighted by Gasteiger charge is -2.08. The van der Waals surface area contributed by atoms with Gasteiger partial charge < -0.3 is 14.6 Å². The van der Waals surface area contributed by atoms with Crippen LogP contribution in [-0.4, -0.2) is 23.1 Å². The molecule has 1 aromatic carbocycles. The number of thiophene rings is 1. The van der Waals surface area contributed by atoms with Crippen molar-refractivity contribution >= 4 is 39.1 Å². The van der Waals surface area contributed by atoms with Gasteiger partial charge in [-0.2, -0.15) is 0 Å². The van der Waals surface area contributed by atoms with Crippen molar-refractivity contribution in [2.24, 2.45) is 7.05 Å². The Hall–Kier alpha value is -2.67. The zero-order valence-electron chi connectivity index (χ0n) is 15.0. The summed E-state index contributed by atoms with van der Waals surface area (Å²) in [5.41, 5.74) is 2.09. The highest BCUT2D eigenvalue weighted by Crippen LogP contribution is 2.33. The van der Waals surface area contributed by atoms with Crippen molar-refractivity contribution in [3.63, 3.8) is 0 Å². The number of fused-ring (bicyclic) bond motifs is 1. The summed E-state index contributed by atoms with van der Waals surface area (Å²) in [5, 5.41) is 3.60. The van der Waals surface area contributed by atoms with E-state index in [9.17, 15) is 14.0 Å². The van der Waals surface area contributed by atoms with Crippen LogP contribution in [0.15, 0.2) is 24.3 Å². The summed E-state index contributed by atoms with van der Waals surface area (Å²) in [5.74, 6) is -1.25. The number of ether oxygens (including phenoxy) is 1. The predicted octanol–water partition coefficient (Wildman–Crippen LogP) is 4.42. The fraction of sp³-hybridized carbons (Fsp3) is 0.263. The topological polar surface area (TPSA) is 60.3 Å². The fourth-order valence-electron chi connectivity index (χ4n) is 2.87. The molecule has 0 radical (unpaired) electrons. The number of aromatic nitrogens is 1. The van der Waals surface area contributed by atoms with Crippen molar-refractivity contribution in [3.8, 4) is 0 Å². The highest BCUT2D eigenvalue weighted by Gasteiger charge is 2.23. The number of hydrogen-bond donors (Lipinski definition) is 1. The van der Waals surface area contributed by atoms with Crippen LogP contribution < -0.4 is 5.32 Å². The van der Waals surface area contributed by atoms with E-state index in [0.717, 1.165) is 10.4 Å². The molecule has 0 atom stereocenters. The van der Waals surface area contributed by atoms with Crippen LogP contribution in [0.3, 0.4) is 0 Å². The molecule has 26 heavy (non-hydrogen) atoms. The van der Waals surface area contributed by atoms with Gasteiger partial charge in [-0.1, -0.05) is 6.07 Å². The number of anilines is 1. The zero-order valence-corrected chi connectivity index (χ0v) is 15.8. The largest absolute Gasteiger partial charge is 0.462 e. The van der Waals surface area contributed by atoms with Crippen LogP contribution in [-0.2, 0) is 11.8 Å². The second-order valence-electron chi connectivity index (χ2n) is 5.92. The Morgan fingerprint density at radius 3 is 2.69 bits per heavy atom. The molecule has 3 rings (SSSR count). The van der Waals surface area contributed by atoms with E-state index in [1.54, 1.807) is 30.7 Å².